The van der Waals surface area contributed by atoms with E-state index in [-0.39, 0.29) is 18.6 Å². The lowest BCUT2D eigenvalue weighted by molar-refractivity contribution is -0.149. The van der Waals surface area contributed by atoms with Crippen LogP contribution in [0.2, 0.25) is 0 Å². The molecule has 0 saturated carbocycles. The number of carbonyl (C=O) groups excluding carboxylic acids is 1. The molecule has 0 radical (unpaired) electrons. The monoisotopic (exact) mass is 416 g/mol. The molecule has 1 N–H and O–H groups in total. The third-order valence-electron chi connectivity index (χ3n) is 4.46. The topological polar surface area (TPSA) is 90.5 Å². The molecule has 8 heteroatoms. The molecule has 0 aliphatic carbocycles. The summed E-state index contributed by atoms with van der Waals surface area (Å²) in [6, 6.07) is 7.19. The van der Waals surface area contributed by atoms with Gasteiger partial charge in [-0.05, 0) is 57.5 Å². The van der Waals surface area contributed by atoms with Gasteiger partial charge in [0.1, 0.15) is 16.3 Å². The molecule has 0 saturated heterocycles. The number of H-pyrrole nitrogens is 1. The van der Waals surface area contributed by atoms with E-state index in [0.29, 0.717) is 28.4 Å². The summed E-state index contributed by atoms with van der Waals surface area (Å²) in [4.78, 5) is 33.4. The molecular weight excluding hydrogens is 392 g/mol. The fourth-order valence-corrected chi connectivity index (χ4v) is 3.86. The Bertz CT molecular complexity index is 1060. The highest BCUT2D eigenvalue weighted by molar-refractivity contribution is 7.18. The Morgan fingerprint density at radius 1 is 1.17 bits per heavy atom. The second kappa shape index (κ2) is 9.09. The molecule has 154 valence electrons. The van der Waals surface area contributed by atoms with Gasteiger partial charge in [-0.3, -0.25) is 9.59 Å². The van der Waals surface area contributed by atoms with Crippen LogP contribution >= 0.6 is 11.3 Å². The van der Waals surface area contributed by atoms with E-state index in [1.807, 2.05) is 32.9 Å². The zero-order valence-electron chi connectivity index (χ0n) is 16.9. The van der Waals surface area contributed by atoms with Gasteiger partial charge in [0.15, 0.2) is 11.9 Å². The molecule has 3 aromatic rings. The summed E-state index contributed by atoms with van der Waals surface area (Å²) in [5, 5.41) is 0.596. The summed E-state index contributed by atoms with van der Waals surface area (Å²) in [6.07, 6.45) is -0.575. The van der Waals surface area contributed by atoms with Gasteiger partial charge in [0, 0.05) is 4.88 Å². The molecule has 0 aliphatic rings. The van der Waals surface area contributed by atoms with Gasteiger partial charge in [0.2, 0.25) is 0 Å². The number of esters is 1. The van der Waals surface area contributed by atoms with Crippen LogP contribution in [0.4, 0.5) is 0 Å². The molecule has 0 aliphatic heterocycles. The second-order valence-corrected chi connectivity index (χ2v) is 7.75. The van der Waals surface area contributed by atoms with Gasteiger partial charge in [-0.25, -0.2) is 4.98 Å². The van der Waals surface area contributed by atoms with Crippen LogP contribution in [0.3, 0.4) is 0 Å². The molecule has 3 rings (SSSR count). The molecule has 0 fully saturated rings. The van der Waals surface area contributed by atoms with Crippen molar-refractivity contribution in [3.05, 3.63) is 50.9 Å². The predicted molar refractivity (Wildman–Crippen MR) is 112 cm³/mol. The summed E-state index contributed by atoms with van der Waals surface area (Å²) in [7, 11) is 0. The molecule has 2 heterocycles. The van der Waals surface area contributed by atoms with Crippen LogP contribution in [0.1, 0.15) is 42.6 Å². The Balaban J connectivity index is 1.55. The number of rotatable bonds is 8. The zero-order chi connectivity index (χ0) is 21.0. The first kappa shape index (κ1) is 20.9. The number of fused-ring (bicyclic) bond motifs is 1. The van der Waals surface area contributed by atoms with Crippen molar-refractivity contribution in [1.82, 2.24) is 9.97 Å². The highest BCUT2D eigenvalue weighted by Gasteiger charge is 2.18. The van der Waals surface area contributed by atoms with Crippen molar-refractivity contribution in [1.29, 1.82) is 0 Å². The number of carbonyl (C=O) groups is 1. The average Bonchev–Trinajstić information content (AvgIpc) is 2.97. The van der Waals surface area contributed by atoms with Crippen LogP contribution < -0.4 is 15.0 Å². The minimum atomic E-state index is -0.659. The van der Waals surface area contributed by atoms with E-state index in [4.69, 9.17) is 14.2 Å². The molecule has 1 aromatic carbocycles. The first-order valence-corrected chi connectivity index (χ1v) is 10.3. The number of aromatic amines is 1. The number of nitrogens with zero attached hydrogens (tertiary/aromatic N) is 1. The van der Waals surface area contributed by atoms with Gasteiger partial charge in [0.25, 0.3) is 5.56 Å². The number of hydrogen-bond acceptors (Lipinski definition) is 7. The van der Waals surface area contributed by atoms with Gasteiger partial charge < -0.3 is 19.2 Å². The van der Waals surface area contributed by atoms with Crippen LogP contribution in [0.5, 0.6) is 11.5 Å². The quantitative estimate of drug-likeness (QED) is 0.557. The van der Waals surface area contributed by atoms with E-state index in [1.165, 1.54) is 11.3 Å². The van der Waals surface area contributed by atoms with Gasteiger partial charge in [-0.2, -0.15) is 0 Å². The van der Waals surface area contributed by atoms with Crippen molar-refractivity contribution < 1.29 is 19.0 Å². The Morgan fingerprint density at radius 3 is 2.48 bits per heavy atom. The molecule has 7 nitrogen and oxygen atoms in total. The van der Waals surface area contributed by atoms with Crippen molar-refractivity contribution in [2.24, 2.45) is 0 Å². The van der Waals surface area contributed by atoms with Crippen molar-refractivity contribution in [3.63, 3.8) is 0 Å². The first-order chi connectivity index (χ1) is 13.9. The van der Waals surface area contributed by atoms with Crippen molar-refractivity contribution in [2.45, 2.75) is 40.2 Å². The molecule has 0 spiro atoms. The Hall–Kier alpha value is -2.87. The Labute approximate surface area is 172 Å². The molecule has 29 heavy (non-hydrogen) atoms. The lowest BCUT2D eigenvalue weighted by atomic mass is 10.2. The van der Waals surface area contributed by atoms with Crippen molar-refractivity contribution in [3.8, 4) is 11.5 Å². The van der Waals surface area contributed by atoms with Crippen LogP contribution in [0, 0.1) is 13.8 Å². The molecule has 0 bridgehead atoms. The van der Waals surface area contributed by atoms with E-state index in [9.17, 15) is 9.59 Å². The van der Waals surface area contributed by atoms with E-state index < -0.39 is 12.1 Å². The number of aromatic nitrogens is 2. The molecule has 0 amide bonds. The molecule has 1 atom stereocenters. The first-order valence-electron chi connectivity index (χ1n) is 9.44. The zero-order valence-corrected chi connectivity index (χ0v) is 17.7. The SMILES string of the molecule is CCOc1ccc(OCCC(=O)OC(C)c2nc3sc(C)c(C)c3c(=O)[nH]2)cc1. The smallest absolute Gasteiger partial charge is 0.309 e. The summed E-state index contributed by atoms with van der Waals surface area (Å²) in [5.74, 6) is 1.33. The maximum Gasteiger partial charge on any atom is 0.309 e. The number of hydrogen-bond donors (Lipinski definition) is 1. The highest BCUT2D eigenvalue weighted by atomic mass is 32.1. The Morgan fingerprint density at radius 2 is 1.83 bits per heavy atom. The summed E-state index contributed by atoms with van der Waals surface area (Å²) in [6.45, 7) is 8.24. The third-order valence-corrected chi connectivity index (χ3v) is 5.56. The minimum absolute atomic E-state index is 0.0846. The molecular formula is C21H24N2O5S. The van der Waals surface area contributed by atoms with Crippen LogP contribution in [0.15, 0.2) is 29.1 Å². The van der Waals surface area contributed by atoms with E-state index in [1.54, 1.807) is 19.1 Å². The van der Waals surface area contributed by atoms with E-state index in [2.05, 4.69) is 9.97 Å². The Kier molecular flexibility index (Phi) is 6.53. The highest BCUT2D eigenvalue weighted by Crippen LogP contribution is 2.27. The standard InChI is InChI=1S/C21H24N2O5S/c1-5-26-15-6-8-16(9-7-15)27-11-10-17(24)28-13(3)19-22-20(25)18-12(2)14(4)29-21(18)23-19/h6-9,13H,5,10-11H2,1-4H3,(H,22,23,25). The van der Waals surface area contributed by atoms with E-state index in [0.717, 1.165) is 16.2 Å². The van der Waals surface area contributed by atoms with Gasteiger partial charge in [0.05, 0.1) is 25.0 Å². The third kappa shape index (κ3) is 4.95. The van der Waals surface area contributed by atoms with Crippen LogP contribution in [-0.4, -0.2) is 29.2 Å². The minimum Gasteiger partial charge on any atom is -0.494 e. The number of thiophene rings is 1. The number of ether oxygens (including phenoxy) is 3. The maximum atomic E-state index is 12.4. The number of nitrogens with one attached hydrogen (secondary N) is 1. The molecule has 1 unspecified atom stereocenters. The largest absolute Gasteiger partial charge is 0.494 e. The lowest BCUT2D eigenvalue weighted by Crippen LogP contribution is -2.18. The average molecular weight is 416 g/mol. The summed E-state index contributed by atoms with van der Waals surface area (Å²) in [5.41, 5.74) is 0.718. The van der Waals surface area contributed by atoms with Crippen molar-refractivity contribution in [2.75, 3.05) is 13.2 Å². The predicted octanol–water partition coefficient (Wildman–Crippen LogP) is 4.07. The van der Waals surface area contributed by atoms with Gasteiger partial charge in [-0.1, -0.05) is 0 Å². The summed E-state index contributed by atoms with van der Waals surface area (Å²) < 4.78 is 16.3. The summed E-state index contributed by atoms with van der Waals surface area (Å²) >= 11 is 1.46. The van der Waals surface area contributed by atoms with Gasteiger partial charge in [-0.15, -0.1) is 11.3 Å². The van der Waals surface area contributed by atoms with Crippen molar-refractivity contribution >= 4 is 27.5 Å². The maximum absolute atomic E-state index is 12.4. The second-order valence-electron chi connectivity index (χ2n) is 6.55. The van der Waals surface area contributed by atoms with Gasteiger partial charge >= 0.3 is 5.97 Å². The number of benzene rings is 1. The fourth-order valence-electron chi connectivity index (χ4n) is 2.83. The van der Waals surface area contributed by atoms with Crippen LogP contribution in [0.25, 0.3) is 10.2 Å². The van der Waals surface area contributed by atoms with E-state index >= 15 is 0 Å². The fraction of sp³-hybridized carbons (Fsp3) is 0.381. The van der Waals surface area contributed by atoms with Crippen LogP contribution in [-0.2, 0) is 9.53 Å². The normalized spacial score (nSPS) is 12.0. The molecule has 2 aromatic heterocycles. The lowest BCUT2D eigenvalue weighted by Gasteiger charge is -2.13. The number of aryl methyl sites for hydroxylation is 2.